The van der Waals surface area contributed by atoms with Crippen molar-refractivity contribution < 1.29 is 38.1 Å². The predicted octanol–water partition coefficient (Wildman–Crippen LogP) is 0.139. The van der Waals surface area contributed by atoms with Crippen LogP contribution in [0.2, 0.25) is 0 Å². The number of nitrogens with one attached hydrogen (secondary N) is 4. The zero-order valence-electron chi connectivity index (χ0n) is 25.8. The molecule has 0 aromatic heterocycles. The fourth-order valence-corrected chi connectivity index (χ4v) is 4.00. The van der Waals surface area contributed by atoms with Gasteiger partial charge in [0.2, 0.25) is 17.7 Å². The highest BCUT2D eigenvalue weighted by atomic mass is 16.5. The zero-order valence-corrected chi connectivity index (χ0v) is 25.8. The molecule has 0 fully saturated rings. The van der Waals surface area contributed by atoms with Crippen molar-refractivity contribution in [1.29, 1.82) is 0 Å². The van der Waals surface area contributed by atoms with Crippen molar-refractivity contribution in [3.63, 3.8) is 0 Å². The molecule has 13 nitrogen and oxygen atoms in total. The van der Waals surface area contributed by atoms with E-state index in [1.165, 1.54) is 0 Å². The lowest BCUT2D eigenvalue weighted by Gasteiger charge is -2.25. The van der Waals surface area contributed by atoms with E-state index in [9.17, 15) is 19.2 Å². The van der Waals surface area contributed by atoms with E-state index in [-0.39, 0.29) is 55.7 Å². The molecule has 0 bridgehead atoms. The van der Waals surface area contributed by atoms with Crippen molar-refractivity contribution >= 4 is 31.3 Å². The van der Waals surface area contributed by atoms with E-state index >= 15 is 0 Å². The molecule has 242 valence electrons. The Morgan fingerprint density at radius 3 is 2.28 bits per heavy atom. The number of hydrogen-bond acceptors (Lipinski definition) is 10. The van der Waals surface area contributed by atoms with E-state index in [2.05, 4.69) is 21.3 Å². The average Bonchev–Trinajstić information content (AvgIpc) is 2.98. The van der Waals surface area contributed by atoms with Crippen LogP contribution >= 0.6 is 0 Å². The Hall–Kier alpha value is -2.94. The van der Waals surface area contributed by atoms with E-state index in [1.54, 1.807) is 6.20 Å². The number of amides is 3. The molecule has 0 aliphatic heterocycles. The minimum atomic E-state index is -0.422. The molecule has 0 aromatic rings. The van der Waals surface area contributed by atoms with Gasteiger partial charge in [-0.1, -0.05) is 6.08 Å². The standard InChI is InChI=1S/C29H50BN5O8/c1-3-40-16-17-41-15-13-33-28(38)21-43-19-18-42-14-12-32-27(37)11-8-22(2)35-29(39)24-6-4-5-7-25(24)34-20-23(31)9-10-26(30)36/h7,20,22,24,34H,3-6,8-19,21,31H2,1-2H3,(H,32,37)(H,33,38)(H,35,39)/b23-20-/t22-,24-/m1/s1. The van der Waals surface area contributed by atoms with Gasteiger partial charge in [-0.2, -0.15) is 0 Å². The third-order valence-electron chi connectivity index (χ3n) is 6.35. The van der Waals surface area contributed by atoms with E-state index in [4.69, 9.17) is 32.5 Å². The molecule has 14 heteroatoms. The van der Waals surface area contributed by atoms with E-state index in [0.717, 1.165) is 18.5 Å². The summed E-state index contributed by atoms with van der Waals surface area (Å²) in [5.41, 5.74) is 6.75. The number of hydrogen-bond donors (Lipinski definition) is 5. The lowest BCUT2D eigenvalue weighted by molar-refractivity contribution is -0.126. The van der Waals surface area contributed by atoms with Gasteiger partial charge in [0.1, 0.15) is 6.61 Å². The van der Waals surface area contributed by atoms with Crippen LogP contribution in [0.3, 0.4) is 0 Å². The third kappa shape index (κ3) is 20.6. The molecule has 0 saturated heterocycles. The van der Waals surface area contributed by atoms with Gasteiger partial charge in [-0.25, -0.2) is 0 Å². The normalized spacial score (nSPS) is 15.7. The minimum Gasteiger partial charge on any atom is -0.401 e. The SMILES string of the molecule is [B]C(=O)CC/C(N)=C/NC1=CCCC[C@H]1C(=O)N[C@H](C)CCC(=O)NCCOCCOCC(=O)NCCOCCOCC. The van der Waals surface area contributed by atoms with Crippen molar-refractivity contribution in [3.05, 3.63) is 23.7 Å². The zero-order chi connectivity index (χ0) is 31.7. The van der Waals surface area contributed by atoms with Crippen LogP contribution in [0.4, 0.5) is 0 Å². The monoisotopic (exact) mass is 607 g/mol. The quantitative estimate of drug-likeness (QED) is 0.0708. The van der Waals surface area contributed by atoms with Gasteiger partial charge in [0, 0.05) is 56.2 Å². The highest BCUT2D eigenvalue weighted by molar-refractivity contribution is 6.57. The van der Waals surface area contributed by atoms with Crippen LogP contribution in [-0.2, 0) is 38.1 Å². The fourth-order valence-electron chi connectivity index (χ4n) is 4.00. The number of nitrogens with two attached hydrogens (primary N) is 1. The first-order valence-electron chi connectivity index (χ1n) is 15.1. The Balaban J connectivity index is 2.11. The molecule has 2 radical (unpaired) electrons. The summed E-state index contributed by atoms with van der Waals surface area (Å²) in [7, 11) is 5.16. The van der Waals surface area contributed by atoms with Crippen LogP contribution in [-0.4, -0.2) is 103 Å². The summed E-state index contributed by atoms with van der Waals surface area (Å²) in [6.45, 7) is 7.44. The van der Waals surface area contributed by atoms with Gasteiger partial charge < -0.3 is 50.7 Å². The third-order valence-corrected chi connectivity index (χ3v) is 6.35. The molecule has 1 aliphatic carbocycles. The molecular formula is C29H50BN5O8. The lowest BCUT2D eigenvalue weighted by atomic mass is 9.91. The second kappa shape index (κ2) is 24.5. The fraction of sp³-hybridized carbons (Fsp3) is 0.724. The van der Waals surface area contributed by atoms with Crippen molar-refractivity contribution in [1.82, 2.24) is 21.3 Å². The van der Waals surface area contributed by atoms with Gasteiger partial charge in [-0.15, -0.1) is 0 Å². The number of allylic oxidation sites excluding steroid dienone is 2. The Morgan fingerprint density at radius 2 is 1.60 bits per heavy atom. The number of carbonyl (C=O) groups is 4. The molecule has 1 rings (SSSR count). The van der Waals surface area contributed by atoms with Crippen LogP contribution < -0.4 is 27.0 Å². The Labute approximate surface area is 256 Å². The highest BCUT2D eigenvalue weighted by Crippen LogP contribution is 2.23. The van der Waals surface area contributed by atoms with Gasteiger partial charge in [0.25, 0.3) is 0 Å². The summed E-state index contributed by atoms with van der Waals surface area (Å²) >= 11 is 0. The second-order valence-electron chi connectivity index (χ2n) is 10.1. The first-order chi connectivity index (χ1) is 20.7. The van der Waals surface area contributed by atoms with Crippen LogP contribution in [0, 0.1) is 5.92 Å². The molecule has 1 aliphatic rings. The largest absolute Gasteiger partial charge is 0.401 e. The highest BCUT2D eigenvalue weighted by Gasteiger charge is 2.26. The van der Waals surface area contributed by atoms with Crippen LogP contribution in [0.25, 0.3) is 0 Å². The molecule has 6 N–H and O–H groups in total. The van der Waals surface area contributed by atoms with Crippen molar-refractivity contribution in [2.45, 2.75) is 64.8 Å². The van der Waals surface area contributed by atoms with E-state index in [1.807, 2.05) is 19.9 Å². The van der Waals surface area contributed by atoms with Crippen molar-refractivity contribution in [3.8, 4) is 0 Å². The van der Waals surface area contributed by atoms with Crippen LogP contribution in [0.15, 0.2) is 23.7 Å². The molecular weight excluding hydrogens is 557 g/mol. The summed E-state index contributed by atoms with van der Waals surface area (Å²) in [4.78, 5) is 47.7. The van der Waals surface area contributed by atoms with E-state index in [0.29, 0.717) is 77.7 Å². The summed E-state index contributed by atoms with van der Waals surface area (Å²) in [5.74, 6) is -0.798. The maximum atomic E-state index is 12.9. The first kappa shape index (κ1) is 38.1. The predicted molar refractivity (Wildman–Crippen MR) is 163 cm³/mol. The Morgan fingerprint density at radius 1 is 0.953 bits per heavy atom. The number of rotatable bonds is 25. The number of carbonyl (C=O) groups excluding carboxylic acids is 4. The van der Waals surface area contributed by atoms with E-state index < -0.39 is 5.68 Å². The maximum Gasteiger partial charge on any atom is 0.246 e. The average molecular weight is 608 g/mol. The summed E-state index contributed by atoms with van der Waals surface area (Å²) in [5, 5.41) is 11.6. The molecule has 0 unspecified atom stereocenters. The molecule has 2 atom stereocenters. The molecule has 0 spiro atoms. The van der Waals surface area contributed by atoms with Crippen LogP contribution in [0.5, 0.6) is 0 Å². The molecule has 0 saturated carbocycles. The van der Waals surface area contributed by atoms with Gasteiger partial charge in [-0.3, -0.25) is 14.4 Å². The summed E-state index contributed by atoms with van der Waals surface area (Å²) < 4.78 is 21.2. The molecule has 43 heavy (non-hydrogen) atoms. The molecule has 0 aromatic carbocycles. The smallest absolute Gasteiger partial charge is 0.246 e. The minimum absolute atomic E-state index is 0.0628. The number of ether oxygens (including phenoxy) is 4. The maximum absolute atomic E-state index is 12.9. The summed E-state index contributed by atoms with van der Waals surface area (Å²) in [6, 6.07) is -0.184. The van der Waals surface area contributed by atoms with Gasteiger partial charge >= 0.3 is 0 Å². The van der Waals surface area contributed by atoms with Crippen LogP contribution in [0.1, 0.15) is 58.8 Å². The van der Waals surface area contributed by atoms with Gasteiger partial charge in [-0.05, 0) is 46.0 Å². The topological polar surface area (TPSA) is 179 Å². The van der Waals surface area contributed by atoms with Gasteiger partial charge in [0.15, 0.2) is 7.85 Å². The van der Waals surface area contributed by atoms with Gasteiger partial charge in [0.05, 0.1) is 51.2 Å². The first-order valence-corrected chi connectivity index (χ1v) is 15.1. The summed E-state index contributed by atoms with van der Waals surface area (Å²) in [6.07, 6.45) is 7.32. The second-order valence-corrected chi connectivity index (χ2v) is 10.1. The molecule has 3 amide bonds. The Kier molecular flexibility index (Phi) is 21.7. The molecule has 0 heterocycles. The lowest BCUT2D eigenvalue weighted by Crippen LogP contribution is -2.41. The Bertz CT molecular complexity index is 902. The van der Waals surface area contributed by atoms with Crippen molar-refractivity contribution in [2.24, 2.45) is 11.7 Å². The van der Waals surface area contributed by atoms with Crippen molar-refractivity contribution in [2.75, 3.05) is 65.9 Å².